The molecule has 1 fully saturated rings. The van der Waals surface area contributed by atoms with Crippen molar-refractivity contribution >= 4 is 58.1 Å². The first-order valence-corrected chi connectivity index (χ1v) is 14.9. The second kappa shape index (κ2) is 14.7. The smallest absolute Gasteiger partial charge is 0.346 e. The Kier molecular flexibility index (Phi) is 10.2. The maximum absolute atomic E-state index is 13.4. The van der Waals surface area contributed by atoms with E-state index in [4.69, 9.17) is 4.74 Å². The molecule has 242 valence electrons. The van der Waals surface area contributed by atoms with Crippen LogP contribution in [-0.2, 0) is 28.7 Å². The first-order valence-electron chi connectivity index (χ1n) is 14.9. The van der Waals surface area contributed by atoms with E-state index in [2.05, 4.69) is 32.2 Å². The lowest BCUT2D eigenvalue weighted by Crippen LogP contribution is -2.48. The number of esters is 3. The molecule has 0 atom stereocenters. The summed E-state index contributed by atoms with van der Waals surface area (Å²) in [6, 6.07) is 21.2. The molecule has 47 heavy (non-hydrogen) atoms. The van der Waals surface area contributed by atoms with Crippen LogP contribution >= 0.6 is 0 Å². The lowest BCUT2D eigenvalue weighted by atomic mass is 9.99. The number of fused-ring (bicyclic) bond motifs is 1. The van der Waals surface area contributed by atoms with Crippen LogP contribution in [0, 0.1) is 0 Å². The Morgan fingerprint density at radius 2 is 1.57 bits per heavy atom. The number of nitrogens with one attached hydrogen (secondary N) is 2. The molecule has 0 bridgehead atoms. The number of hydrogen-bond acceptors (Lipinski definition) is 10. The summed E-state index contributed by atoms with van der Waals surface area (Å²) in [5, 5.41) is 6.18. The molecular weight excluding hydrogens is 602 g/mol. The molecule has 3 aromatic carbocycles. The number of piperazine rings is 1. The van der Waals surface area contributed by atoms with Crippen molar-refractivity contribution in [2.24, 2.45) is 0 Å². The first kappa shape index (κ1) is 32.8. The van der Waals surface area contributed by atoms with Gasteiger partial charge >= 0.3 is 17.9 Å². The van der Waals surface area contributed by atoms with Gasteiger partial charge in [0.05, 0.1) is 36.2 Å². The molecule has 2 heterocycles. The fourth-order valence-electron chi connectivity index (χ4n) is 5.18. The van der Waals surface area contributed by atoms with E-state index in [0.717, 1.165) is 56.7 Å². The number of rotatable bonds is 9. The topological polar surface area (TPSA) is 138 Å². The van der Waals surface area contributed by atoms with Gasteiger partial charge in [-0.2, -0.15) is 0 Å². The lowest BCUT2D eigenvalue weighted by molar-refractivity contribution is -0.136. The van der Waals surface area contributed by atoms with E-state index in [1.165, 1.54) is 12.1 Å². The molecular formula is C35H35N5O7. The van der Waals surface area contributed by atoms with Crippen LogP contribution in [0.5, 0.6) is 0 Å². The van der Waals surface area contributed by atoms with E-state index in [1.807, 2.05) is 54.6 Å². The van der Waals surface area contributed by atoms with Crippen molar-refractivity contribution in [3.8, 4) is 0 Å². The molecule has 2 aliphatic heterocycles. The summed E-state index contributed by atoms with van der Waals surface area (Å²) in [5.41, 5.74) is 4.01. The van der Waals surface area contributed by atoms with E-state index < -0.39 is 17.9 Å². The summed E-state index contributed by atoms with van der Waals surface area (Å²) in [6.45, 7) is 3.93. The predicted molar refractivity (Wildman–Crippen MR) is 177 cm³/mol. The summed E-state index contributed by atoms with van der Waals surface area (Å²) < 4.78 is 9.20. The van der Waals surface area contributed by atoms with Crippen molar-refractivity contribution in [1.82, 2.24) is 9.80 Å². The van der Waals surface area contributed by atoms with Gasteiger partial charge in [-0.3, -0.25) is 14.5 Å². The summed E-state index contributed by atoms with van der Waals surface area (Å²) in [6.07, 6.45) is 1.63. The van der Waals surface area contributed by atoms with E-state index in [9.17, 15) is 24.0 Å². The van der Waals surface area contributed by atoms with Crippen LogP contribution in [0.4, 0.5) is 17.1 Å². The third-order valence-corrected chi connectivity index (χ3v) is 7.92. The van der Waals surface area contributed by atoms with E-state index in [0.29, 0.717) is 34.8 Å². The molecule has 0 unspecified atom stereocenters. The Balaban J connectivity index is 1.36. The van der Waals surface area contributed by atoms with Gasteiger partial charge in [-0.15, -0.1) is 0 Å². The normalized spacial score (nSPS) is 15.9. The molecule has 0 saturated carbocycles. The number of likely N-dealkylation sites (N-methyl/N-ethyl adjacent to an activating group) is 2. The molecule has 2 amide bonds. The van der Waals surface area contributed by atoms with Crippen molar-refractivity contribution in [1.29, 1.82) is 0 Å². The number of anilines is 3. The summed E-state index contributed by atoms with van der Waals surface area (Å²) >= 11 is 0. The fourth-order valence-corrected chi connectivity index (χ4v) is 5.18. The Morgan fingerprint density at radius 1 is 0.894 bits per heavy atom. The zero-order chi connectivity index (χ0) is 33.5. The van der Waals surface area contributed by atoms with Gasteiger partial charge in [-0.25, -0.2) is 14.4 Å². The van der Waals surface area contributed by atoms with E-state index in [-0.39, 0.29) is 17.4 Å². The van der Waals surface area contributed by atoms with E-state index >= 15 is 0 Å². The SMILES string of the molecule is COC(=O)/C=C\C(=O)OC(=O)c1ccc2c(c1)NC(=O)/C2=C(\Nc1ccc(N(C)C(=O)CN2CCN(C)CC2)cc1)c1ccccc1. The van der Waals surface area contributed by atoms with Crippen LogP contribution in [0.2, 0.25) is 0 Å². The molecule has 1 saturated heterocycles. The van der Waals surface area contributed by atoms with Crippen LogP contribution in [0.25, 0.3) is 11.3 Å². The van der Waals surface area contributed by atoms with Crippen LogP contribution in [0.1, 0.15) is 21.5 Å². The van der Waals surface area contributed by atoms with Gasteiger partial charge in [0.25, 0.3) is 5.91 Å². The second-order valence-corrected chi connectivity index (χ2v) is 11.1. The van der Waals surface area contributed by atoms with Crippen molar-refractivity contribution in [3.05, 3.63) is 102 Å². The Labute approximate surface area is 272 Å². The summed E-state index contributed by atoms with van der Waals surface area (Å²) in [5.74, 6) is -3.15. The number of carbonyl (C=O) groups excluding carboxylic acids is 5. The average Bonchev–Trinajstić information content (AvgIpc) is 3.41. The quantitative estimate of drug-likeness (QED) is 0.204. The molecule has 0 aliphatic carbocycles. The largest absolute Gasteiger partial charge is 0.466 e. The average molecular weight is 638 g/mol. The standard InChI is InChI=1S/C35H35N5O7/c1-38-17-19-40(20-18-38)22-29(41)39(2)26-12-10-25(11-13-26)36-33(23-7-5-4-6-8-23)32-27-14-9-24(21-28(27)37-34(32)44)35(45)47-31(43)16-15-30(42)46-3/h4-16,21,36H,17-20,22H2,1-3H3,(H,37,44)/b16-15-,33-32-. The minimum atomic E-state index is -1.04. The molecule has 5 rings (SSSR count). The number of methoxy groups -OCH3 is 1. The highest BCUT2D eigenvalue weighted by atomic mass is 16.6. The van der Waals surface area contributed by atoms with Crippen molar-refractivity contribution < 1.29 is 33.4 Å². The van der Waals surface area contributed by atoms with Gasteiger partial charge in [-0.1, -0.05) is 36.4 Å². The van der Waals surface area contributed by atoms with Crippen LogP contribution in [0.3, 0.4) is 0 Å². The Hall–Kier alpha value is -5.59. The summed E-state index contributed by atoms with van der Waals surface area (Å²) in [7, 11) is 4.99. The zero-order valence-electron chi connectivity index (χ0n) is 26.3. The third kappa shape index (κ3) is 7.98. The second-order valence-electron chi connectivity index (χ2n) is 11.1. The summed E-state index contributed by atoms with van der Waals surface area (Å²) in [4.78, 5) is 68.2. The molecule has 3 aromatic rings. The molecule has 0 spiro atoms. The maximum Gasteiger partial charge on any atom is 0.346 e. The minimum absolute atomic E-state index is 0.00636. The number of benzene rings is 3. The molecule has 12 heteroatoms. The maximum atomic E-state index is 13.4. The molecule has 12 nitrogen and oxygen atoms in total. The Bertz CT molecular complexity index is 1740. The first-order chi connectivity index (χ1) is 22.6. The predicted octanol–water partition coefficient (Wildman–Crippen LogP) is 3.24. The van der Waals surface area contributed by atoms with Crippen LogP contribution in [-0.4, -0.2) is 93.5 Å². The molecule has 2 aliphatic rings. The van der Waals surface area contributed by atoms with Gasteiger partial charge in [0.15, 0.2) is 0 Å². The Morgan fingerprint density at radius 3 is 2.26 bits per heavy atom. The van der Waals surface area contributed by atoms with Crippen molar-refractivity contribution in [2.75, 3.05) is 69.5 Å². The van der Waals surface area contributed by atoms with Crippen molar-refractivity contribution in [2.45, 2.75) is 0 Å². The van der Waals surface area contributed by atoms with Gasteiger partial charge in [0.2, 0.25) is 5.91 Å². The number of amides is 2. The van der Waals surface area contributed by atoms with Crippen molar-refractivity contribution in [3.63, 3.8) is 0 Å². The van der Waals surface area contributed by atoms with Gasteiger partial charge in [-0.05, 0) is 49.0 Å². The highest BCUT2D eigenvalue weighted by Crippen LogP contribution is 2.38. The highest BCUT2D eigenvalue weighted by molar-refractivity contribution is 6.37. The van der Waals surface area contributed by atoms with Gasteiger partial charge < -0.3 is 29.9 Å². The van der Waals surface area contributed by atoms with Gasteiger partial charge in [0, 0.05) is 62.3 Å². The zero-order valence-corrected chi connectivity index (χ0v) is 26.3. The molecule has 0 radical (unpaired) electrons. The van der Waals surface area contributed by atoms with Crippen LogP contribution in [0.15, 0.2) is 84.9 Å². The minimum Gasteiger partial charge on any atom is -0.466 e. The number of ether oxygens (including phenoxy) is 2. The third-order valence-electron chi connectivity index (χ3n) is 7.92. The fraction of sp³-hybridized carbons (Fsp3) is 0.229. The number of carbonyl (C=O) groups is 5. The van der Waals surface area contributed by atoms with Crippen LogP contribution < -0.4 is 15.5 Å². The lowest BCUT2D eigenvalue weighted by Gasteiger charge is -2.32. The number of hydrogen-bond donors (Lipinski definition) is 2. The number of nitrogens with zero attached hydrogens (tertiary/aromatic N) is 3. The van der Waals surface area contributed by atoms with E-state index in [1.54, 1.807) is 18.0 Å². The van der Waals surface area contributed by atoms with Gasteiger partial charge in [0.1, 0.15) is 0 Å². The molecule has 2 N–H and O–H groups in total. The highest BCUT2D eigenvalue weighted by Gasteiger charge is 2.30. The molecule has 0 aromatic heterocycles. The monoisotopic (exact) mass is 637 g/mol.